The number of hydrogen-bond acceptors (Lipinski definition) is 2. The van der Waals surface area contributed by atoms with Gasteiger partial charge in [-0.2, -0.15) is 0 Å². The fourth-order valence-corrected chi connectivity index (χ4v) is 3.11. The molecule has 0 bridgehead atoms. The maximum absolute atomic E-state index is 6.36. The average Bonchev–Trinajstić information content (AvgIpc) is 2.43. The lowest BCUT2D eigenvalue weighted by Gasteiger charge is -2.32. The minimum atomic E-state index is 0.414. The van der Waals surface area contributed by atoms with Crippen molar-refractivity contribution in [2.24, 2.45) is 5.92 Å². The van der Waals surface area contributed by atoms with E-state index in [1.54, 1.807) is 0 Å². The van der Waals surface area contributed by atoms with Crippen molar-refractivity contribution >= 4 is 0 Å². The Morgan fingerprint density at radius 3 is 2.79 bits per heavy atom. The lowest BCUT2D eigenvalue weighted by Crippen LogP contribution is -2.30. The smallest absolute Gasteiger partial charge is 0.124 e. The summed E-state index contributed by atoms with van der Waals surface area (Å²) in [6.07, 6.45) is 6.87. The predicted octanol–water partition coefficient (Wildman–Crippen LogP) is 4.06. The Hall–Kier alpha value is -1.02. The van der Waals surface area contributed by atoms with Crippen molar-refractivity contribution in [2.45, 2.75) is 58.6 Å². The normalized spacial score (nSPS) is 23.3. The van der Waals surface area contributed by atoms with Crippen molar-refractivity contribution in [3.63, 3.8) is 0 Å². The minimum absolute atomic E-state index is 0.414. The first-order valence-corrected chi connectivity index (χ1v) is 7.65. The van der Waals surface area contributed by atoms with Gasteiger partial charge in [0.25, 0.3) is 0 Å². The molecule has 1 saturated carbocycles. The molecule has 2 unspecified atom stereocenters. The van der Waals surface area contributed by atoms with Gasteiger partial charge in [0, 0.05) is 12.1 Å². The molecule has 1 aromatic carbocycles. The molecular formula is C17H27NO. The Kier molecular flexibility index (Phi) is 5.26. The number of rotatable bonds is 5. The summed E-state index contributed by atoms with van der Waals surface area (Å²) in [5.74, 6) is 1.81. The third-order valence-electron chi connectivity index (χ3n) is 4.23. The van der Waals surface area contributed by atoms with Gasteiger partial charge in [-0.05, 0) is 51.6 Å². The molecule has 1 fully saturated rings. The van der Waals surface area contributed by atoms with Crippen molar-refractivity contribution < 1.29 is 4.74 Å². The van der Waals surface area contributed by atoms with Crippen LogP contribution >= 0.6 is 0 Å². The van der Waals surface area contributed by atoms with Gasteiger partial charge in [-0.25, -0.2) is 0 Å². The molecule has 2 rings (SSSR count). The van der Waals surface area contributed by atoms with Crippen LogP contribution in [0.2, 0.25) is 0 Å². The second-order valence-electron chi connectivity index (χ2n) is 5.75. The van der Waals surface area contributed by atoms with Crippen LogP contribution in [0, 0.1) is 12.8 Å². The summed E-state index contributed by atoms with van der Waals surface area (Å²) in [7, 11) is 1.99. The summed E-state index contributed by atoms with van der Waals surface area (Å²) in [5, 5.41) is 3.23. The predicted molar refractivity (Wildman–Crippen MR) is 80.6 cm³/mol. The molecule has 0 saturated heterocycles. The zero-order valence-electron chi connectivity index (χ0n) is 12.5. The van der Waals surface area contributed by atoms with Gasteiger partial charge in [0.05, 0.1) is 0 Å². The largest absolute Gasteiger partial charge is 0.490 e. The molecule has 0 amide bonds. The molecule has 0 heterocycles. The van der Waals surface area contributed by atoms with E-state index in [4.69, 9.17) is 4.74 Å². The highest BCUT2D eigenvalue weighted by atomic mass is 16.5. The fraction of sp³-hybridized carbons (Fsp3) is 0.647. The molecule has 1 aromatic rings. The number of hydrogen-bond donors (Lipinski definition) is 1. The standard InChI is InChI=1S/C17H27NO/c1-4-14-7-5-6-8-16(14)19-17-10-9-13(2)11-15(17)12-18-3/h9-11,14,16,18H,4-8,12H2,1-3H3. The Bertz CT molecular complexity index is 402. The van der Waals surface area contributed by atoms with Crippen LogP contribution in [0.25, 0.3) is 0 Å². The van der Waals surface area contributed by atoms with Gasteiger partial charge in [0.1, 0.15) is 11.9 Å². The average molecular weight is 261 g/mol. The van der Waals surface area contributed by atoms with Crippen LogP contribution in [0.4, 0.5) is 0 Å². The van der Waals surface area contributed by atoms with E-state index in [1.807, 2.05) is 7.05 Å². The van der Waals surface area contributed by atoms with Gasteiger partial charge < -0.3 is 10.1 Å². The third-order valence-corrected chi connectivity index (χ3v) is 4.23. The molecule has 2 heteroatoms. The maximum Gasteiger partial charge on any atom is 0.124 e. The Labute approximate surface area is 117 Å². The summed E-state index contributed by atoms with van der Waals surface area (Å²) < 4.78 is 6.36. The van der Waals surface area contributed by atoms with E-state index in [1.165, 1.54) is 43.2 Å². The molecule has 0 aromatic heterocycles. The van der Waals surface area contributed by atoms with E-state index in [2.05, 4.69) is 37.4 Å². The van der Waals surface area contributed by atoms with Crippen LogP contribution in [0.5, 0.6) is 5.75 Å². The lowest BCUT2D eigenvalue weighted by molar-refractivity contribution is 0.0893. The Balaban J connectivity index is 2.12. The monoisotopic (exact) mass is 261 g/mol. The van der Waals surface area contributed by atoms with Crippen LogP contribution in [0.3, 0.4) is 0 Å². The Morgan fingerprint density at radius 2 is 2.05 bits per heavy atom. The molecule has 0 radical (unpaired) electrons. The molecule has 0 aliphatic heterocycles. The van der Waals surface area contributed by atoms with E-state index in [0.29, 0.717) is 6.10 Å². The summed E-state index contributed by atoms with van der Waals surface area (Å²) in [6.45, 7) is 5.30. The van der Waals surface area contributed by atoms with Crippen LogP contribution in [-0.2, 0) is 6.54 Å². The van der Waals surface area contributed by atoms with E-state index in [-0.39, 0.29) is 0 Å². The first kappa shape index (κ1) is 14.4. The van der Waals surface area contributed by atoms with E-state index in [0.717, 1.165) is 18.2 Å². The molecule has 2 nitrogen and oxygen atoms in total. The molecule has 0 spiro atoms. The first-order valence-electron chi connectivity index (χ1n) is 7.65. The summed E-state index contributed by atoms with van der Waals surface area (Å²) in [4.78, 5) is 0. The van der Waals surface area contributed by atoms with Gasteiger partial charge in [0.2, 0.25) is 0 Å². The van der Waals surface area contributed by atoms with Gasteiger partial charge >= 0.3 is 0 Å². The molecular weight excluding hydrogens is 234 g/mol. The van der Waals surface area contributed by atoms with Gasteiger partial charge in [-0.1, -0.05) is 31.0 Å². The second-order valence-corrected chi connectivity index (χ2v) is 5.75. The number of aryl methyl sites for hydroxylation is 1. The topological polar surface area (TPSA) is 21.3 Å². The SMILES string of the molecule is CCC1CCCCC1Oc1ccc(C)cc1CNC. The van der Waals surface area contributed by atoms with Crippen molar-refractivity contribution in [1.29, 1.82) is 0 Å². The summed E-state index contributed by atoms with van der Waals surface area (Å²) >= 11 is 0. The number of benzene rings is 1. The molecule has 106 valence electrons. The highest BCUT2D eigenvalue weighted by Crippen LogP contribution is 2.32. The van der Waals surface area contributed by atoms with E-state index >= 15 is 0 Å². The fourth-order valence-electron chi connectivity index (χ4n) is 3.11. The van der Waals surface area contributed by atoms with Crippen LogP contribution in [0.15, 0.2) is 18.2 Å². The molecule has 19 heavy (non-hydrogen) atoms. The second kappa shape index (κ2) is 6.95. The Morgan fingerprint density at radius 1 is 1.26 bits per heavy atom. The molecule has 1 aliphatic carbocycles. The van der Waals surface area contributed by atoms with Crippen molar-refractivity contribution in [3.05, 3.63) is 29.3 Å². The number of nitrogens with one attached hydrogen (secondary N) is 1. The zero-order chi connectivity index (χ0) is 13.7. The van der Waals surface area contributed by atoms with Gasteiger partial charge in [-0.15, -0.1) is 0 Å². The van der Waals surface area contributed by atoms with Gasteiger partial charge in [0.15, 0.2) is 0 Å². The first-order chi connectivity index (χ1) is 9.24. The van der Waals surface area contributed by atoms with Crippen LogP contribution in [-0.4, -0.2) is 13.2 Å². The van der Waals surface area contributed by atoms with E-state index < -0.39 is 0 Å². The maximum atomic E-state index is 6.36. The lowest BCUT2D eigenvalue weighted by atomic mass is 9.84. The minimum Gasteiger partial charge on any atom is -0.490 e. The van der Waals surface area contributed by atoms with E-state index in [9.17, 15) is 0 Å². The highest BCUT2D eigenvalue weighted by Gasteiger charge is 2.25. The highest BCUT2D eigenvalue weighted by molar-refractivity contribution is 5.37. The van der Waals surface area contributed by atoms with Gasteiger partial charge in [-0.3, -0.25) is 0 Å². The third kappa shape index (κ3) is 3.73. The summed E-state index contributed by atoms with van der Waals surface area (Å²) in [6, 6.07) is 6.53. The zero-order valence-corrected chi connectivity index (χ0v) is 12.5. The van der Waals surface area contributed by atoms with Crippen LogP contribution < -0.4 is 10.1 Å². The van der Waals surface area contributed by atoms with Crippen molar-refractivity contribution in [3.8, 4) is 5.75 Å². The van der Waals surface area contributed by atoms with Crippen LogP contribution in [0.1, 0.15) is 50.2 Å². The van der Waals surface area contributed by atoms with Crippen molar-refractivity contribution in [1.82, 2.24) is 5.32 Å². The number of ether oxygens (including phenoxy) is 1. The molecule has 2 atom stereocenters. The quantitative estimate of drug-likeness (QED) is 0.863. The van der Waals surface area contributed by atoms with Crippen molar-refractivity contribution in [2.75, 3.05) is 7.05 Å². The molecule has 1 aliphatic rings. The molecule has 1 N–H and O–H groups in total. The summed E-state index contributed by atoms with van der Waals surface area (Å²) in [5.41, 5.74) is 2.58.